The van der Waals surface area contributed by atoms with Crippen molar-refractivity contribution < 1.29 is 12.6 Å². The Morgan fingerprint density at radius 3 is 2.00 bits per heavy atom. The summed E-state index contributed by atoms with van der Waals surface area (Å²) >= 11 is -4.17. The summed E-state index contributed by atoms with van der Waals surface area (Å²) in [6.07, 6.45) is 0. The molecule has 0 bridgehead atoms. The quantitative estimate of drug-likeness (QED) is 0.846. The molecule has 2 aromatic carbocycles. The van der Waals surface area contributed by atoms with Crippen molar-refractivity contribution in [3.63, 3.8) is 0 Å². The van der Waals surface area contributed by atoms with E-state index in [0.29, 0.717) is 14.5 Å². The molecule has 2 aromatic rings. The number of ether oxygens (including phenoxy) is 1. The molecule has 0 aliphatic rings. The van der Waals surface area contributed by atoms with Gasteiger partial charge in [0.1, 0.15) is 0 Å². The average molecular weight is 292 g/mol. The molecule has 0 spiro atoms. The first-order valence-corrected chi connectivity index (χ1v) is 8.66. The summed E-state index contributed by atoms with van der Waals surface area (Å²) < 4.78 is 28.6. The normalized spacial score (nSPS) is 14.0. The molecule has 0 saturated carbocycles. The molecule has 1 atom stereocenters. The molecule has 0 aromatic heterocycles. The van der Waals surface area contributed by atoms with E-state index >= 15 is 0 Å². The van der Waals surface area contributed by atoms with Gasteiger partial charge in [0.25, 0.3) is 0 Å². The number of hydrogen-bond acceptors (Lipinski definition) is 2. The Bertz CT molecular complexity index is 534. The van der Waals surface area contributed by atoms with E-state index in [1.807, 2.05) is 6.07 Å². The van der Waals surface area contributed by atoms with E-state index in [4.69, 9.17) is 4.74 Å². The summed E-state index contributed by atoms with van der Waals surface area (Å²) in [5, 5.41) is 0. The molecule has 17 heavy (non-hydrogen) atoms. The molecule has 0 radical (unpaired) electrons. The first-order valence-electron chi connectivity index (χ1n) is 5.17. The molecule has 0 amide bonds. The van der Waals surface area contributed by atoms with E-state index in [0.717, 1.165) is 0 Å². The van der Waals surface area contributed by atoms with Crippen LogP contribution < -0.4 is 13.4 Å². The molecule has 0 aliphatic heterocycles. The van der Waals surface area contributed by atoms with Gasteiger partial charge in [-0.25, -0.2) is 0 Å². The zero-order valence-electron chi connectivity index (χ0n) is 9.41. The van der Waals surface area contributed by atoms with Gasteiger partial charge in [-0.3, -0.25) is 0 Å². The summed E-state index contributed by atoms with van der Waals surface area (Å²) in [5.41, 5.74) is 0. The van der Waals surface area contributed by atoms with E-state index in [9.17, 15) is 7.84 Å². The van der Waals surface area contributed by atoms with Crippen molar-refractivity contribution >= 4 is 22.5 Å². The van der Waals surface area contributed by atoms with Gasteiger partial charge >= 0.3 is 103 Å². The van der Waals surface area contributed by atoms with Crippen molar-refractivity contribution in [2.24, 2.45) is 0 Å². The third-order valence-corrected chi connectivity index (χ3v) is 6.72. The molecule has 3 nitrogen and oxygen atoms in total. The minimum atomic E-state index is -4.17. The van der Waals surface area contributed by atoms with E-state index < -0.39 is 13.8 Å². The van der Waals surface area contributed by atoms with Crippen LogP contribution in [-0.4, -0.2) is 25.0 Å². The van der Waals surface area contributed by atoms with Crippen molar-refractivity contribution in [1.29, 1.82) is 0 Å². The van der Waals surface area contributed by atoms with E-state index in [2.05, 4.69) is 0 Å². The van der Waals surface area contributed by atoms with Crippen molar-refractivity contribution in [2.75, 3.05) is 7.11 Å². The Morgan fingerprint density at radius 1 is 0.941 bits per heavy atom. The van der Waals surface area contributed by atoms with Gasteiger partial charge in [-0.2, -0.15) is 0 Å². The van der Waals surface area contributed by atoms with E-state index in [-0.39, 0.29) is 0 Å². The monoisotopic (exact) mass is 292 g/mol. The number of benzene rings is 2. The molecule has 1 N–H and O–H groups in total. The summed E-state index contributed by atoms with van der Waals surface area (Å²) in [6.45, 7) is 0. The zero-order chi connectivity index (χ0) is 12.3. The van der Waals surface area contributed by atoms with Crippen LogP contribution in [0.5, 0.6) is 5.75 Å². The van der Waals surface area contributed by atoms with Gasteiger partial charge in [0.15, 0.2) is 0 Å². The average Bonchev–Trinajstić information content (AvgIpc) is 2.40. The maximum absolute atomic E-state index is 12.4. The SMILES string of the molecule is COc1ccc([As](=O)(O)c2ccccc2)cc1. The fraction of sp³-hybridized carbons (Fsp3) is 0.0769. The van der Waals surface area contributed by atoms with Gasteiger partial charge in [0.2, 0.25) is 0 Å². The van der Waals surface area contributed by atoms with Crippen LogP contribution in [0.1, 0.15) is 0 Å². The topological polar surface area (TPSA) is 46.5 Å². The van der Waals surface area contributed by atoms with Crippen LogP contribution in [0.25, 0.3) is 0 Å². The van der Waals surface area contributed by atoms with Gasteiger partial charge < -0.3 is 0 Å². The standard InChI is InChI=1S/C13H13AsO3/c1-17-13-9-7-12(8-10-13)14(15,16)11-5-3-2-4-6-11/h2-10H,1H3,(H,15,16). The van der Waals surface area contributed by atoms with Crippen LogP contribution in [0.4, 0.5) is 0 Å². The third-order valence-electron chi connectivity index (χ3n) is 2.53. The first-order chi connectivity index (χ1) is 8.14. The molecule has 0 saturated heterocycles. The van der Waals surface area contributed by atoms with Crippen molar-refractivity contribution in [1.82, 2.24) is 0 Å². The molecular formula is C13H13AsO3. The van der Waals surface area contributed by atoms with Gasteiger partial charge in [-0.05, 0) is 0 Å². The van der Waals surface area contributed by atoms with Crippen LogP contribution in [0.2, 0.25) is 0 Å². The second-order valence-electron chi connectivity index (χ2n) is 3.61. The van der Waals surface area contributed by atoms with Crippen LogP contribution >= 0.6 is 0 Å². The van der Waals surface area contributed by atoms with Crippen LogP contribution in [-0.2, 0) is 3.74 Å². The molecule has 2 rings (SSSR count). The van der Waals surface area contributed by atoms with Gasteiger partial charge in [0, 0.05) is 0 Å². The molecule has 88 valence electrons. The second-order valence-corrected chi connectivity index (χ2v) is 8.19. The molecule has 4 heteroatoms. The Hall–Kier alpha value is -1.44. The predicted octanol–water partition coefficient (Wildman–Crippen LogP) is 0.674. The number of methoxy groups -OCH3 is 1. The van der Waals surface area contributed by atoms with Gasteiger partial charge in [-0.15, -0.1) is 0 Å². The molecule has 0 heterocycles. The Balaban J connectivity index is 2.41. The predicted molar refractivity (Wildman–Crippen MR) is 67.4 cm³/mol. The molecule has 0 fully saturated rings. The first kappa shape index (κ1) is 12.0. The van der Waals surface area contributed by atoms with Gasteiger partial charge in [0.05, 0.1) is 0 Å². The summed E-state index contributed by atoms with van der Waals surface area (Å²) in [7, 11) is 1.57. The Labute approximate surface area is 103 Å². The number of hydrogen-bond donors (Lipinski definition) is 1. The van der Waals surface area contributed by atoms with Crippen LogP contribution in [0, 0.1) is 0 Å². The Morgan fingerprint density at radius 2 is 1.47 bits per heavy atom. The van der Waals surface area contributed by atoms with E-state index in [1.54, 1.807) is 55.6 Å². The van der Waals surface area contributed by atoms with Crippen molar-refractivity contribution in [2.45, 2.75) is 0 Å². The fourth-order valence-electron chi connectivity index (χ4n) is 1.56. The third kappa shape index (κ3) is 2.46. The second kappa shape index (κ2) is 4.82. The summed E-state index contributed by atoms with van der Waals surface area (Å²) in [4.78, 5) is 0. The van der Waals surface area contributed by atoms with Crippen molar-refractivity contribution in [3.05, 3.63) is 54.6 Å². The molecule has 0 aliphatic carbocycles. The number of rotatable bonds is 3. The molecular weight excluding hydrogens is 279 g/mol. The minimum absolute atomic E-state index is 0.468. The maximum atomic E-state index is 12.4. The zero-order valence-corrected chi connectivity index (χ0v) is 11.3. The summed E-state index contributed by atoms with van der Waals surface area (Å²) in [6, 6.07) is 15.4. The van der Waals surface area contributed by atoms with Crippen LogP contribution in [0.15, 0.2) is 54.6 Å². The van der Waals surface area contributed by atoms with Crippen LogP contribution in [0.3, 0.4) is 0 Å². The molecule has 1 unspecified atom stereocenters. The Kier molecular flexibility index (Phi) is 3.41. The summed E-state index contributed by atoms with van der Waals surface area (Å²) in [5.74, 6) is 0.678. The van der Waals surface area contributed by atoms with Crippen molar-refractivity contribution in [3.8, 4) is 5.75 Å². The fourth-order valence-corrected chi connectivity index (χ4v) is 4.56. The van der Waals surface area contributed by atoms with E-state index in [1.165, 1.54) is 0 Å². The van der Waals surface area contributed by atoms with Gasteiger partial charge in [-0.1, -0.05) is 0 Å².